The van der Waals surface area contributed by atoms with Gasteiger partial charge in [-0.05, 0) is 96.1 Å². The number of rotatable bonds is 7. The molecule has 0 radical (unpaired) electrons. The first kappa shape index (κ1) is 30.6. The van der Waals surface area contributed by atoms with E-state index in [2.05, 4.69) is 136 Å². The SMILES string of the molecule is CN=C(OC(=N)c1ccc(N(c2ccc(-c3ccccc3)cc2)c2ccc3c(c2)c2ccccc2n3-c2ccccc2)cc1)c1ccccc1. The zero-order chi connectivity index (χ0) is 33.9. The van der Waals surface area contributed by atoms with Crippen molar-refractivity contribution in [2.75, 3.05) is 11.9 Å². The minimum Gasteiger partial charge on any atom is -0.420 e. The van der Waals surface area contributed by atoms with Crippen LogP contribution in [0.4, 0.5) is 17.1 Å². The van der Waals surface area contributed by atoms with Crippen LogP contribution in [0.25, 0.3) is 38.6 Å². The standard InChI is InChI=1S/C45H34N4O/c1-47-45(35-15-7-3-8-16-35)50-44(46)34-23-27-38(28-24-34)48(37-25-21-33(22-26-37)32-13-5-2-6-14-32)39-29-30-43-41(31-39)40-19-11-12-20-42(40)49(43)36-17-9-4-10-18-36/h2-31,46H,1H3. The predicted octanol–water partition coefficient (Wildman–Crippen LogP) is 11.3. The third-order valence-corrected chi connectivity index (χ3v) is 8.97. The molecule has 0 fully saturated rings. The molecule has 8 aromatic rings. The Labute approximate surface area is 291 Å². The van der Waals surface area contributed by atoms with Crippen molar-refractivity contribution in [1.82, 2.24) is 4.57 Å². The van der Waals surface area contributed by atoms with E-state index in [1.807, 2.05) is 60.7 Å². The Morgan fingerprint density at radius 2 is 1.06 bits per heavy atom. The number of para-hydroxylation sites is 2. The molecule has 0 aliphatic carbocycles. The molecule has 1 aromatic heterocycles. The highest BCUT2D eigenvalue weighted by Crippen LogP contribution is 2.40. The number of nitrogens with zero attached hydrogens (tertiary/aromatic N) is 3. The van der Waals surface area contributed by atoms with Crippen LogP contribution < -0.4 is 4.90 Å². The van der Waals surface area contributed by atoms with Gasteiger partial charge in [-0.15, -0.1) is 0 Å². The Bertz CT molecular complexity index is 2450. The van der Waals surface area contributed by atoms with Gasteiger partial charge in [-0.3, -0.25) is 10.4 Å². The Morgan fingerprint density at radius 1 is 0.520 bits per heavy atom. The normalized spacial score (nSPS) is 11.5. The topological polar surface area (TPSA) is 53.6 Å². The molecule has 0 amide bonds. The van der Waals surface area contributed by atoms with Crippen LogP contribution in [0.2, 0.25) is 0 Å². The molecule has 7 aromatic carbocycles. The molecule has 0 bridgehead atoms. The van der Waals surface area contributed by atoms with Crippen LogP contribution >= 0.6 is 0 Å². The number of hydrogen-bond acceptors (Lipinski definition) is 4. The van der Waals surface area contributed by atoms with Gasteiger partial charge >= 0.3 is 0 Å². The number of aliphatic imine (C=N–C) groups is 1. The van der Waals surface area contributed by atoms with E-state index in [0.29, 0.717) is 11.5 Å². The van der Waals surface area contributed by atoms with Gasteiger partial charge in [0.25, 0.3) is 0 Å². The van der Waals surface area contributed by atoms with E-state index >= 15 is 0 Å². The van der Waals surface area contributed by atoms with Crippen LogP contribution in [0.5, 0.6) is 0 Å². The number of fused-ring (bicyclic) bond motifs is 3. The van der Waals surface area contributed by atoms with Crippen LogP contribution in [-0.4, -0.2) is 23.4 Å². The lowest BCUT2D eigenvalue weighted by atomic mass is 10.0. The van der Waals surface area contributed by atoms with Crippen LogP contribution in [0, 0.1) is 5.41 Å². The molecule has 8 rings (SSSR count). The number of aromatic nitrogens is 1. The van der Waals surface area contributed by atoms with Crippen LogP contribution in [0.3, 0.4) is 0 Å². The van der Waals surface area contributed by atoms with E-state index in [0.717, 1.165) is 44.9 Å². The largest absolute Gasteiger partial charge is 0.420 e. The second kappa shape index (κ2) is 13.4. The zero-order valence-electron chi connectivity index (χ0n) is 27.6. The highest BCUT2D eigenvalue weighted by atomic mass is 16.5. The monoisotopic (exact) mass is 646 g/mol. The molecular formula is C45H34N4O. The second-order valence-corrected chi connectivity index (χ2v) is 12.0. The minimum atomic E-state index is 0.0370. The fraction of sp³-hybridized carbons (Fsp3) is 0.0222. The molecule has 1 heterocycles. The number of nitrogens with one attached hydrogen (secondary N) is 1. The lowest BCUT2D eigenvalue weighted by Crippen LogP contribution is -2.14. The first-order valence-electron chi connectivity index (χ1n) is 16.6. The van der Waals surface area contributed by atoms with E-state index in [1.165, 1.54) is 16.3 Å². The fourth-order valence-corrected chi connectivity index (χ4v) is 6.57. The van der Waals surface area contributed by atoms with Gasteiger partial charge in [-0.2, -0.15) is 0 Å². The molecule has 1 N–H and O–H groups in total. The molecule has 0 atom stereocenters. The third-order valence-electron chi connectivity index (χ3n) is 8.97. The maximum Gasteiger partial charge on any atom is 0.223 e. The smallest absolute Gasteiger partial charge is 0.223 e. The van der Waals surface area contributed by atoms with E-state index in [1.54, 1.807) is 7.05 Å². The second-order valence-electron chi connectivity index (χ2n) is 12.0. The molecule has 5 heteroatoms. The third kappa shape index (κ3) is 5.82. The van der Waals surface area contributed by atoms with Gasteiger partial charge in [-0.1, -0.05) is 97.1 Å². The van der Waals surface area contributed by atoms with Crippen molar-refractivity contribution in [2.24, 2.45) is 4.99 Å². The van der Waals surface area contributed by atoms with E-state index in [9.17, 15) is 0 Å². The van der Waals surface area contributed by atoms with Crippen molar-refractivity contribution in [3.63, 3.8) is 0 Å². The van der Waals surface area contributed by atoms with Gasteiger partial charge < -0.3 is 14.2 Å². The zero-order valence-corrected chi connectivity index (χ0v) is 27.6. The van der Waals surface area contributed by atoms with Gasteiger partial charge in [0.15, 0.2) is 0 Å². The van der Waals surface area contributed by atoms with Gasteiger partial charge in [0.05, 0.1) is 11.0 Å². The molecule has 0 saturated heterocycles. The lowest BCUT2D eigenvalue weighted by Gasteiger charge is -2.26. The van der Waals surface area contributed by atoms with Gasteiger partial charge in [0.2, 0.25) is 11.8 Å². The Balaban J connectivity index is 1.21. The number of benzene rings is 7. The lowest BCUT2D eigenvalue weighted by molar-refractivity contribution is 0.542. The summed E-state index contributed by atoms with van der Waals surface area (Å²) in [4.78, 5) is 6.55. The maximum atomic E-state index is 8.75. The summed E-state index contributed by atoms with van der Waals surface area (Å²) in [5, 5.41) is 11.1. The molecule has 0 aliphatic rings. The first-order chi connectivity index (χ1) is 24.7. The van der Waals surface area contributed by atoms with Gasteiger partial charge in [-0.25, -0.2) is 0 Å². The van der Waals surface area contributed by atoms with Crippen molar-refractivity contribution in [3.8, 4) is 16.8 Å². The predicted molar refractivity (Wildman–Crippen MR) is 208 cm³/mol. The summed E-state index contributed by atoms with van der Waals surface area (Å²) >= 11 is 0. The molecule has 0 aliphatic heterocycles. The fourth-order valence-electron chi connectivity index (χ4n) is 6.57. The van der Waals surface area contributed by atoms with Crippen molar-refractivity contribution < 1.29 is 4.74 Å². The van der Waals surface area contributed by atoms with Crippen molar-refractivity contribution >= 4 is 50.7 Å². The molecule has 50 heavy (non-hydrogen) atoms. The summed E-state index contributed by atoms with van der Waals surface area (Å²) < 4.78 is 8.27. The van der Waals surface area contributed by atoms with Crippen molar-refractivity contribution in [1.29, 1.82) is 5.41 Å². The van der Waals surface area contributed by atoms with Crippen LogP contribution in [0.15, 0.2) is 187 Å². The maximum absolute atomic E-state index is 8.75. The summed E-state index contributed by atoms with van der Waals surface area (Å²) in [6.07, 6.45) is 0. The molecule has 240 valence electrons. The van der Waals surface area contributed by atoms with E-state index in [-0.39, 0.29) is 5.90 Å². The highest BCUT2D eigenvalue weighted by Gasteiger charge is 2.18. The number of hydrogen-bond donors (Lipinski definition) is 1. The van der Waals surface area contributed by atoms with Gasteiger partial charge in [0, 0.05) is 51.7 Å². The average Bonchev–Trinajstić information content (AvgIpc) is 3.52. The molecule has 5 nitrogen and oxygen atoms in total. The Kier molecular flexibility index (Phi) is 8.21. The Morgan fingerprint density at radius 3 is 1.74 bits per heavy atom. The quantitative estimate of drug-likeness (QED) is 0.138. The number of ether oxygens (including phenoxy) is 1. The van der Waals surface area contributed by atoms with Crippen molar-refractivity contribution in [2.45, 2.75) is 0 Å². The first-order valence-corrected chi connectivity index (χ1v) is 16.6. The van der Waals surface area contributed by atoms with Crippen LogP contribution in [0.1, 0.15) is 11.1 Å². The Hall–Kier alpha value is -6.72. The summed E-state index contributed by atoms with van der Waals surface area (Å²) in [7, 11) is 1.67. The van der Waals surface area contributed by atoms with E-state index in [4.69, 9.17) is 10.1 Å². The van der Waals surface area contributed by atoms with E-state index < -0.39 is 0 Å². The summed E-state index contributed by atoms with van der Waals surface area (Å²) in [6.45, 7) is 0. The highest BCUT2D eigenvalue weighted by molar-refractivity contribution is 6.11. The molecule has 0 saturated carbocycles. The summed E-state index contributed by atoms with van der Waals surface area (Å²) in [5.74, 6) is 0.442. The number of anilines is 3. The molecule has 0 unspecified atom stereocenters. The van der Waals surface area contributed by atoms with Crippen molar-refractivity contribution in [3.05, 3.63) is 193 Å². The average molecular weight is 647 g/mol. The van der Waals surface area contributed by atoms with Gasteiger partial charge in [0.1, 0.15) is 0 Å². The molecule has 0 spiro atoms. The molecular weight excluding hydrogens is 613 g/mol. The minimum absolute atomic E-state index is 0.0370. The van der Waals surface area contributed by atoms with Crippen LogP contribution in [-0.2, 0) is 4.74 Å². The summed E-state index contributed by atoms with van der Waals surface area (Å²) in [5.41, 5.74) is 10.3. The summed E-state index contributed by atoms with van der Waals surface area (Å²) in [6, 6.07) is 62.5.